The maximum absolute atomic E-state index is 6.06. The molecule has 1 aliphatic carbocycles. The molecule has 1 fully saturated rings. The summed E-state index contributed by atoms with van der Waals surface area (Å²) in [6.45, 7) is 2.77. The summed E-state index contributed by atoms with van der Waals surface area (Å²) >= 11 is 0. The minimum atomic E-state index is 0.222. The summed E-state index contributed by atoms with van der Waals surface area (Å²) in [5, 5.41) is 0. The van der Waals surface area contributed by atoms with Crippen LogP contribution < -0.4 is 10.6 Å². The monoisotopic (exact) mass is 280 g/mol. The molecule has 0 heterocycles. The summed E-state index contributed by atoms with van der Waals surface area (Å²) in [7, 11) is 2.13. The van der Waals surface area contributed by atoms with Gasteiger partial charge in [0.25, 0.3) is 0 Å². The number of anilines is 1. The third kappa shape index (κ3) is 2.96. The first-order chi connectivity index (χ1) is 10.2. The number of nitrogens with zero attached hydrogens (tertiary/aromatic N) is 1. The second kappa shape index (κ2) is 5.90. The van der Waals surface area contributed by atoms with Gasteiger partial charge in [0.1, 0.15) is 0 Å². The van der Waals surface area contributed by atoms with Crippen LogP contribution in [0, 0.1) is 6.92 Å². The van der Waals surface area contributed by atoms with Gasteiger partial charge in [-0.15, -0.1) is 0 Å². The molecule has 0 aliphatic heterocycles. The number of nitrogens with two attached hydrogens (primary N) is 1. The van der Waals surface area contributed by atoms with Gasteiger partial charge < -0.3 is 10.6 Å². The fourth-order valence-corrected chi connectivity index (χ4v) is 3.05. The van der Waals surface area contributed by atoms with Crippen LogP contribution in [-0.4, -0.2) is 13.6 Å². The summed E-state index contributed by atoms with van der Waals surface area (Å²) < 4.78 is 0. The Morgan fingerprint density at radius 2 is 1.76 bits per heavy atom. The van der Waals surface area contributed by atoms with Crippen LogP contribution in [0.3, 0.4) is 0 Å². The van der Waals surface area contributed by atoms with E-state index in [0.29, 0.717) is 6.54 Å². The van der Waals surface area contributed by atoms with Crippen molar-refractivity contribution in [3.63, 3.8) is 0 Å². The molecule has 0 spiro atoms. The molecule has 110 valence electrons. The molecule has 0 aromatic heterocycles. The Hall–Kier alpha value is -1.80. The molecule has 1 aliphatic rings. The van der Waals surface area contributed by atoms with E-state index in [1.54, 1.807) is 0 Å². The van der Waals surface area contributed by atoms with E-state index in [1.165, 1.54) is 35.2 Å². The van der Waals surface area contributed by atoms with Crippen LogP contribution in [0.1, 0.15) is 41.5 Å². The molecule has 3 rings (SSSR count). The van der Waals surface area contributed by atoms with Gasteiger partial charge in [0.15, 0.2) is 0 Å². The van der Waals surface area contributed by atoms with Crippen molar-refractivity contribution < 1.29 is 0 Å². The Balaban J connectivity index is 1.85. The number of hydrogen-bond acceptors (Lipinski definition) is 2. The SMILES string of the molecule is Cc1ccccc1N(C)C(CN)c1ccc(C2CC2)cc1. The van der Waals surface area contributed by atoms with Crippen molar-refractivity contribution in [2.24, 2.45) is 5.73 Å². The van der Waals surface area contributed by atoms with E-state index in [0.717, 1.165) is 5.92 Å². The second-order valence-electron chi connectivity index (χ2n) is 6.09. The summed E-state index contributed by atoms with van der Waals surface area (Å²) in [4.78, 5) is 2.29. The highest BCUT2D eigenvalue weighted by molar-refractivity contribution is 5.54. The Morgan fingerprint density at radius 1 is 1.10 bits per heavy atom. The van der Waals surface area contributed by atoms with Crippen LogP contribution >= 0.6 is 0 Å². The van der Waals surface area contributed by atoms with Crippen molar-refractivity contribution in [1.82, 2.24) is 0 Å². The molecule has 2 aromatic carbocycles. The Morgan fingerprint density at radius 3 is 2.33 bits per heavy atom. The Bertz CT molecular complexity index is 599. The number of benzene rings is 2. The third-order valence-electron chi connectivity index (χ3n) is 4.56. The van der Waals surface area contributed by atoms with Crippen LogP contribution in [0.5, 0.6) is 0 Å². The second-order valence-corrected chi connectivity index (χ2v) is 6.09. The number of hydrogen-bond donors (Lipinski definition) is 1. The number of likely N-dealkylation sites (N-methyl/N-ethyl adjacent to an activating group) is 1. The lowest BCUT2D eigenvalue weighted by Crippen LogP contribution is -2.30. The zero-order chi connectivity index (χ0) is 14.8. The molecule has 2 heteroatoms. The maximum Gasteiger partial charge on any atom is 0.0661 e. The van der Waals surface area contributed by atoms with Gasteiger partial charge in [-0.25, -0.2) is 0 Å². The molecule has 21 heavy (non-hydrogen) atoms. The predicted octanol–water partition coefficient (Wildman–Crippen LogP) is 4.01. The summed E-state index contributed by atoms with van der Waals surface area (Å²) in [5.41, 5.74) is 11.4. The maximum atomic E-state index is 6.06. The summed E-state index contributed by atoms with van der Waals surface area (Å²) in [5.74, 6) is 0.810. The van der Waals surface area contributed by atoms with Crippen molar-refractivity contribution in [2.45, 2.75) is 31.7 Å². The Labute approximate surface area is 127 Å². The van der Waals surface area contributed by atoms with Crippen LogP contribution in [-0.2, 0) is 0 Å². The molecule has 1 atom stereocenters. The highest BCUT2D eigenvalue weighted by Crippen LogP contribution is 2.40. The lowest BCUT2D eigenvalue weighted by Gasteiger charge is -2.31. The van der Waals surface area contributed by atoms with Crippen LogP contribution in [0.25, 0.3) is 0 Å². The van der Waals surface area contributed by atoms with Gasteiger partial charge in [-0.3, -0.25) is 0 Å². The van der Waals surface area contributed by atoms with Crippen molar-refractivity contribution in [2.75, 3.05) is 18.5 Å². The van der Waals surface area contributed by atoms with Crippen LogP contribution in [0.15, 0.2) is 48.5 Å². The molecule has 2 N–H and O–H groups in total. The predicted molar refractivity (Wildman–Crippen MR) is 89.8 cm³/mol. The molecule has 0 amide bonds. The number of para-hydroxylation sites is 1. The van der Waals surface area contributed by atoms with Crippen molar-refractivity contribution >= 4 is 5.69 Å². The third-order valence-corrected chi connectivity index (χ3v) is 4.56. The van der Waals surface area contributed by atoms with E-state index < -0.39 is 0 Å². The van der Waals surface area contributed by atoms with E-state index in [-0.39, 0.29) is 6.04 Å². The fraction of sp³-hybridized carbons (Fsp3) is 0.368. The van der Waals surface area contributed by atoms with Crippen molar-refractivity contribution in [3.8, 4) is 0 Å². The van der Waals surface area contributed by atoms with Gasteiger partial charge in [-0.1, -0.05) is 42.5 Å². The minimum absolute atomic E-state index is 0.222. The highest BCUT2D eigenvalue weighted by atomic mass is 15.1. The molecular weight excluding hydrogens is 256 g/mol. The minimum Gasteiger partial charge on any atom is -0.366 e. The average Bonchev–Trinajstić information content (AvgIpc) is 3.34. The molecule has 0 saturated heterocycles. The van der Waals surface area contributed by atoms with Gasteiger partial charge in [0.05, 0.1) is 6.04 Å². The first-order valence-corrected chi connectivity index (χ1v) is 7.79. The highest BCUT2D eigenvalue weighted by Gasteiger charge is 2.24. The number of aryl methyl sites for hydroxylation is 1. The fourth-order valence-electron chi connectivity index (χ4n) is 3.05. The summed E-state index contributed by atoms with van der Waals surface area (Å²) in [6, 6.07) is 17.8. The Kier molecular flexibility index (Phi) is 3.98. The smallest absolute Gasteiger partial charge is 0.0661 e. The van der Waals surface area contributed by atoms with Gasteiger partial charge in [-0.2, -0.15) is 0 Å². The molecule has 2 aromatic rings. The zero-order valence-corrected chi connectivity index (χ0v) is 12.9. The molecule has 0 radical (unpaired) electrons. The van der Waals surface area contributed by atoms with E-state index in [4.69, 9.17) is 5.73 Å². The van der Waals surface area contributed by atoms with Gasteiger partial charge in [-0.05, 0) is 48.4 Å². The van der Waals surface area contributed by atoms with E-state index in [2.05, 4.69) is 67.4 Å². The quantitative estimate of drug-likeness (QED) is 0.896. The normalized spacial score (nSPS) is 15.8. The van der Waals surface area contributed by atoms with E-state index >= 15 is 0 Å². The number of rotatable bonds is 5. The summed E-state index contributed by atoms with van der Waals surface area (Å²) in [6.07, 6.45) is 2.70. The topological polar surface area (TPSA) is 29.3 Å². The van der Waals surface area contributed by atoms with Gasteiger partial charge in [0.2, 0.25) is 0 Å². The molecule has 1 saturated carbocycles. The lowest BCUT2D eigenvalue weighted by molar-refractivity contribution is 0.679. The van der Waals surface area contributed by atoms with E-state index in [9.17, 15) is 0 Å². The molecular formula is C19H24N2. The van der Waals surface area contributed by atoms with Gasteiger partial charge in [0, 0.05) is 19.3 Å². The van der Waals surface area contributed by atoms with Crippen LogP contribution in [0.4, 0.5) is 5.69 Å². The molecule has 0 bridgehead atoms. The zero-order valence-electron chi connectivity index (χ0n) is 12.9. The van der Waals surface area contributed by atoms with E-state index in [1.807, 2.05) is 0 Å². The largest absolute Gasteiger partial charge is 0.366 e. The van der Waals surface area contributed by atoms with Crippen molar-refractivity contribution in [3.05, 3.63) is 65.2 Å². The molecule has 2 nitrogen and oxygen atoms in total. The lowest BCUT2D eigenvalue weighted by atomic mass is 10.0. The molecule has 1 unspecified atom stereocenters. The first kappa shape index (κ1) is 14.2. The average molecular weight is 280 g/mol. The van der Waals surface area contributed by atoms with Gasteiger partial charge >= 0.3 is 0 Å². The standard InChI is InChI=1S/C19H24N2/c1-14-5-3-4-6-18(14)21(2)19(13-20)17-11-9-16(10-12-17)15-7-8-15/h3-6,9-12,15,19H,7-8,13,20H2,1-2H3. The first-order valence-electron chi connectivity index (χ1n) is 7.79. The van der Waals surface area contributed by atoms with Crippen LogP contribution in [0.2, 0.25) is 0 Å². The van der Waals surface area contributed by atoms with Crippen molar-refractivity contribution in [1.29, 1.82) is 0 Å².